The van der Waals surface area contributed by atoms with Gasteiger partial charge >= 0.3 is 5.97 Å². The number of benzene rings is 1. The highest BCUT2D eigenvalue weighted by molar-refractivity contribution is 6.30. The van der Waals surface area contributed by atoms with Crippen LogP contribution in [0.25, 0.3) is 0 Å². The Morgan fingerprint density at radius 2 is 2.22 bits per heavy atom. The summed E-state index contributed by atoms with van der Waals surface area (Å²) in [7, 11) is 0. The predicted molar refractivity (Wildman–Crippen MR) is 67.5 cm³/mol. The Labute approximate surface area is 110 Å². The van der Waals surface area contributed by atoms with E-state index in [0.717, 1.165) is 18.4 Å². The molecule has 0 bridgehead atoms. The Bertz CT molecular complexity index is 485. The van der Waals surface area contributed by atoms with E-state index in [1.165, 1.54) is 4.90 Å². The number of carbonyl (C=O) groups is 2. The van der Waals surface area contributed by atoms with Crippen molar-refractivity contribution in [3.05, 3.63) is 34.3 Å². The summed E-state index contributed by atoms with van der Waals surface area (Å²) in [4.78, 5) is 23.9. The van der Waals surface area contributed by atoms with E-state index in [4.69, 9.17) is 11.6 Å². The smallest absolute Gasteiger partial charge is 0.331 e. The van der Waals surface area contributed by atoms with E-state index in [9.17, 15) is 14.7 Å². The van der Waals surface area contributed by atoms with Gasteiger partial charge in [0.2, 0.25) is 6.41 Å². The summed E-state index contributed by atoms with van der Waals surface area (Å²) in [6, 6.07) is 4.17. The second-order valence-electron chi connectivity index (χ2n) is 4.53. The zero-order valence-electron chi connectivity index (χ0n) is 9.97. The summed E-state index contributed by atoms with van der Waals surface area (Å²) in [5, 5.41) is 9.92. The second kappa shape index (κ2) is 4.98. The molecule has 4 nitrogen and oxygen atoms in total. The van der Waals surface area contributed by atoms with Gasteiger partial charge in [-0.3, -0.25) is 4.79 Å². The first-order valence-electron chi connectivity index (χ1n) is 5.76. The predicted octanol–water partition coefficient (Wildman–Crippen LogP) is 2.39. The van der Waals surface area contributed by atoms with Crippen LogP contribution in [0.3, 0.4) is 0 Å². The molecule has 1 fully saturated rings. The molecule has 1 saturated carbocycles. The van der Waals surface area contributed by atoms with Crippen molar-refractivity contribution in [2.24, 2.45) is 0 Å². The SMILES string of the molecule is Cc1cc(Cl)ccc1C(C(=O)O)N(C=O)C1CC1. The molecule has 5 heteroatoms. The van der Waals surface area contributed by atoms with Crippen LogP contribution in [-0.2, 0) is 9.59 Å². The van der Waals surface area contributed by atoms with Gasteiger partial charge in [-0.05, 0) is 43.0 Å². The van der Waals surface area contributed by atoms with Gasteiger partial charge in [0.15, 0.2) is 6.04 Å². The molecule has 1 aromatic carbocycles. The van der Waals surface area contributed by atoms with Crippen molar-refractivity contribution in [1.29, 1.82) is 0 Å². The normalized spacial score (nSPS) is 16.1. The number of aliphatic carboxylic acids is 1. The van der Waals surface area contributed by atoms with Gasteiger partial charge in [0.1, 0.15) is 0 Å². The van der Waals surface area contributed by atoms with Gasteiger partial charge in [-0.2, -0.15) is 0 Å². The minimum atomic E-state index is -1.01. The number of nitrogens with zero attached hydrogens (tertiary/aromatic N) is 1. The van der Waals surface area contributed by atoms with Gasteiger partial charge in [-0.25, -0.2) is 4.79 Å². The Kier molecular flexibility index (Phi) is 3.57. The molecule has 1 unspecified atom stereocenters. The highest BCUT2D eigenvalue weighted by atomic mass is 35.5. The monoisotopic (exact) mass is 267 g/mol. The first kappa shape index (κ1) is 12.9. The quantitative estimate of drug-likeness (QED) is 0.834. The average molecular weight is 268 g/mol. The molecule has 1 atom stereocenters. The molecule has 1 aromatic rings. The zero-order chi connectivity index (χ0) is 13.3. The van der Waals surface area contributed by atoms with E-state index >= 15 is 0 Å². The van der Waals surface area contributed by atoms with E-state index in [1.54, 1.807) is 25.1 Å². The number of carboxylic acids is 1. The van der Waals surface area contributed by atoms with Crippen LogP contribution < -0.4 is 0 Å². The molecule has 0 spiro atoms. The van der Waals surface area contributed by atoms with E-state index in [2.05, 4.69) is 0 Å². The summed E-state index contributed by atoms with van der Waals surface area (Å²) in [5.74, 6) is -1.01. The number of carbonyl (C=O) groups excluding carboxylic acids is 1. The van der Waals surface area contributed by atoms with Gasteiger partial charge in [0.25, 0.3) is 0 Å². The lowest BCUT2D eigenvalue weighted by atomic mass is 10.00. The number of hydrogen-bond acceptors (Lipinski definition) is 2. The number of carboxylic acid groups (broad SMARTS) is 1. The Morgan fingerprint density at radius 3 is 2.67 bits per heavy atom. The first-order valence-corrected chi connectivity index (χ1v) is 6.14. The fourth-order valence-corrected chi connectivity index (χ4v) is 2.32. The fraction of sp³-hybridized carbons (Fsp3) is 0.385. The highest BCUT2D eigenvalue weighted by Crippen LogP contribution is 2.34. The van der Waals surface area contributed by atoms with Crippen LogP contribution in [0, 0.1) is 6.92 Å². The summed E-state index contributed by atoms with van der Waals surface area (Å²) < 4.78 is 0. The molecule has 0 aliphatic heterocycles. The van der Waals surface area contributed by atoms with Crippen molar-refractivity contribution < 1.29 is 14.7 Å². The van der Waals surface area contributed by atoms with Crippen molar-refractivity contribution in [3.63, 3.8) is 0 Å². The van der Waals surface area contributed by atoms with Gasteiger partial charge in [0, 0.05) is 11.1 Å². The van der Waals surface area contributed by atoms with Crippen molar-refractivity contribution in [3.8, 4) is 0 Å². The molecule has 1 amide bonds. The summed E-state index contributed by atoms with van der Waals surface area (Å²) >= 11 is 5.86. The molecular formula is C13H14ClNO3. The lowest BCUT2D eigenvalue weighted by molar-refractivity contribution is -0.147. The number of aryl methyl sites for hydroxylation is 1. The molecule has 18 heavy (non-hydrogen) atoms. The minimum Gasteiger partial charge on any atom is -0.479 e. The minimum absolute atomic E-state index is 0.0543. The summed E-state index contributed by atoms with van der Waals surface area (Å²) in [6.07, 6.45) is 2.37. The molecule has 0 heterocycles. The third-order valence-electron chi connectivity index (χ3n) is 3.15. The van der Waals surface area contributed by atoms with Crippen LogP contribution >= 0.6 is 11.6 Å². The zero-order valence-corrected chi connectivity index (χ0v) is 10.7. The maximum absolute atomic E-state index is 11.4. The average Bonchev–Trinajstić information content (AvgIpc) is 3.10. The Hall–Kier alpha value is -1.55. The fourth-order valence-electron chi connectivity index (χ4n) is 2.10. The van der Waals surface area contributed by atoms with Crippen molar-refractivity contribution in [1.82, 2.24) is 4.90 Å². The van der Waals surface area contributed by atoms with E-state index in [0.29, 0.717) is 17.0 Å². The summed E-state index contributed by atoms with van der Waals surface area (Å²) in [6.45, 7) is 1.80. The molecule has 1 aliphatic carbocycles. The highest BCUT2D eigenvalue weighted by Gasteiger charge is 2.37. The van der Waals surface area contributed by atoms with Gasteiger partial charge in [0.05, 0.1) is 0 Å². The van der Waals surface area contributed by atoms with Crippen LogP contribution in [0.5, 0.6) is 0 Å². The van der Waals surface area contributed by atoms with Gasteiger partial charge in [-0.15, -0.1) is 0 Å². The molecule has 0 radical (unpaired) electrons. The molecular weight excluding hydrogens is 254 g/mol. The van der Waals surface area contributed by atoms with Crippen molar-refractivity contribution in [2.75, 3.05) is 0 Å². The Morgan fingerprint density at radius 1 is 1.56 bits per heavy atom. The van der Waals surface area contributed by atoms with Crippen LogP contribution in [0.2, 0.25) is 5.02 Å². The lowest BCUT2D eigenvalue weighted by Crippen LogP contribution is -2.35. The molecule has 96 valence electrons. The van der Waals surface area contributed by atoms with Crippen molar-refractivity contribution in [2.45, 2.75) is 31.8 Å². The third kappa shape index (κ3) is 2.48. The second-order valence-corrected chi connectivity index (χ2v) is 4.96. The molecule has 1 aliphatic rings. The lowest BCUT2D eigenvalue weighted by Gasteiger charge is -2.26. The van der Waals surface area contributed by atoms with Crippen molar-refractivity contribution >= 4 is 24.0 Å². The largest absolute Gasteiger partial charge is 0.479 e. The van der Waals surface area contributed by atoms with Gasteiger partial charge in [-0.1, -0.05) is 17.7 Å². The van der Waals surface area contributed by atoms with Gasteiger partial charge < -0.3 is 10.0 Å². The van der Waals surface area contributed by atoms with E-state index < -0.39 is 12.0 Å². The first-order chi connectivity index (χ1) is 8.54. The van der Waals surface area contributed by atoms with E-state index in [1.807, 2.05) is 0 Å². The van der Waals surface area contributed by atoms with E-state index in [-0.39, 0.29) is 6.04 Å². The van der Waals surface area contributed by atoms with Crippen LogP contribution in [0.1, 0.15) is 30.0 Å². The third-order valence-corrected chi connectivity index (χ3v) is 3.38. The Balaban J connectivity index is 2.40. The standard InChI is InChI=1S/C13H14ClNO3/c1-8-6-9(14)2-5-11(8)12(13(17)18)15(7-16)10-3-4-10/h2,5-7,10,12H,3-4H2,1H3,(H,17,18). The number of halogens is 1. The molecule has 1 N–H and O–H groups in total. The molecule has 0 saturated heterocycles. The number of hydrogen-bond donors (Lipinski definition) is 1. The maximum Gasteiger partial charge on any atom is 0.331 e. The maximum atomic E-state index is 11.4. The van der Waals surface area contributed by atoms with Crippen LogP contribution in [0.4, 0.5) is 0 Å². The van der Waals surface area contributed by atoms with Crippen LogP contribution in [0.15, 0.2) is 18.2 Å². The molecule has 2 rings (SSSR count). The number of amides is 1. The summed E-state index contributed by atoms with van der Waals surface area (Å²) in [5.41, 5.74) is 1.40. The molecule has 0 aromatic heterocycles. The number of rotatable bonds is 5. The van der Waals surface area contributed by atoms with Crippen LogP contribution in [-0.4, -0.2) is 28.4 Å². The topological polar surface area (TPSA) is 57.6 Å².